The van der Waals surface area contributed by atoms with Crippen molar-refractivity contribution in [3.8, 4) is 0 Å². The number of anilines is 1. The van der Waals surface area contributed by atoms with Crippen LogP contribution in [0.15, 0.2) is 53.1 Å². The van der Waals surface area contributed by atoms with Gasteiger partial charge in [-0.3, -0.25) is 9.78 Å². The molecule has 1 N–H and O–H groups in total. The molecule has 0 unspecified atom stereocenters. The number of rotatable bonds is 2. The molecule has 1 aliphatic heterocycles. The number of hydrogen-bond donors (Lipinski definition) is 1. The van der Waals surface area contributed by atoms with Gasteiger partial charge in [0.05, 0.1) is 27.3 Å². The van der Waals surface area contributed by atoms with Crippen LogP contribution in [0, 0.1) is 11.7 Å². The number of fused-ring (bicyclic) bond motifs is 4. The molecule has 2 aromatic carbocycles. The van der Waals surface area contributed by atoms with Crippen LogP contribution < -0.4 is 5.32 Å². The van der Waals surface area contributed by atoms with Crippen LogP contribution in [-0.4, -0.2) is 10.9 Å². The van der Waals surface area contributed by atoms with Crippen molar-refractivity contribution >= 4 is 38.4 Å². The second-order valence-electron chi connectivity index (χ2n) is 7.33. The quantitative estimate of drug-likeness (QED) is 0.647. The van der Waals surface area contributed by atoms with Gasteiger partial charge in [-0.2, -0.15) is 0 Å². The number of carbonyl (C=O) groups excluding carboxylic acids is 1. The molecule has 26 heavy (non-hydrogen) atoms. The van der Waals surface area contributed by atoms with Crippen molar-refractivity contribution in [2.24, 2.45) is 5.92 Å². The summed E-state index contributed by atoms with van der Waals surface area (Å²) < 4.78 is 14.3. The minimum absolute atomic E-state index is 0.0477. The molecule has 1 fully saturated rings. The summed E-state index contributed by atoms with van der Waals surface area (Å²) in [6, 6.07) is 13.6. The van der Waals surface area contributed by atoms with Gasteiger partial charge in [0.25, 0.3) is 0 Å². The van der Waals surface area contributed by atoms with E-state index in [0.29, 0.717) is 15.9 Å². The van der Waals surface area contributed by atoms with E-state index in [2.05, 4.69) is 38.4 Å². The van der Waals surface area contributed by atoms with E-state index in [4.69, 9.17) is 0 Å². The normalized spacial score (nSPS) is 23.8. The van der Waals surface area contributed by atoms with Crippen molar-refractivity contribution in [1.82, 2.24) is 4.98 Å². The summed E-state index contributed by atoms with van der Waals surface area (Å²) in [5, 5.41) is 3.84. The van der Waals surface area contributed by atoms with E-state index in [9.17, 15) is 9.18 Å². The summed E-state index contributed by atoms with van der Waals surface area (Å²) in [6.07, 6.45) is 4.26. The standard InChI is InChI=1S/C21H16BrFN2O/c22-15-7-14-17(8-16(15)23)24-11-18-19(14)21(20(26)25-18)9-13(10-21)6-12-4-2-1-3-5-12/h1-5,7-8,11,13H,6,9-10H2,(H,25,26). The van der Waals surface area contributed by atoms with E-state index in [0.717, 1.165) is 35.9 Å². The molecule has 5 rings (SSSR count). The Bertz CT molecular complexity index is 1040. The summed E-state index contributed by atoms with van der Waals surface area (Å²) >= 11 is 3.27. The number of halogens is 2. The molecule has 1 saturated carbocycles. The average molecular weight is 411 g/mol. The van der Waals surface area contributed by atoms with Crippen molar-refractivity contribution < 1.29 is 9.18 Å². The zero-order valence-corrected chi connectivity index (χ0v) is 15.5. The number of hydrogen-bond acceptors (Lipinski definition) is 2. The van der Waals surface area contributed by atoms with Crippen molar-refractivity contribution in [2.45, 2.75) is 24.7 Å². The fourth-order valence-corrected chi connectivity index (χ4v) is 4.90. The topological polar surface area (TPSA) is 42.0 Å². The Morgan fingerprint density at radius 1 is 1.23 bits per heavy atom. The first-order valence-corrected chi connectivity index (χ1v) is 9.50. The van der Waals surface area contributed by atoms with Crippen molar-refractivity contribution in [3.05, 3.63) is 70.1 Å². The Kier molecular flexibility index (Phi) is 3.44. The largest absolute Gasteiger partial charge is 0.324 e. The summed E-state index contributed by atoms with van der Waals surface area (Å²) in [5.41, 5.74) is 3.13. The first-order chi connectivity index (χ1) is 12.6. The van der Waals surface area contributed by atoms with E-state index < -0.39 is 5.41 Å². The molecule has 3 aromatic rings. The molecule has 1 spiro atoms. The van der Waals surface area contributed by atoms with Gasteiger partial charge in [-0.1, -0.05) is 30.3 Å². The van der Waals surface area contributed by atoms with Crippen LogP contribution in [0.4, 0.5) is 10.1 Å². The highest BCUT2D eigenvalue weighted by Gasteiger charge is 2.56. The molecule has 2 heterocycles. The highest BCUT2D eigenvalue weighted by atomic mass is 79.9. The predicted molar refractivity (Wildman–Crippen MR) is 103 cm³/mol. The Labute approximate surface area is 158 Å². The van der Waals surface area contributed by atoms with E-state index in [1.165, 1.54) is 11.6 Å². The van der Waals surface area contributed by atoms with Crippen LogP contribution in [0.2, 0.25) is 0 Å². The van der Waals surface area contributed by atoms with Crippen LogP contribution >= 0.6 is 15.9 Å². The molecule has 2 aliphatic rings. The maximum atomic E-state index is 13.9. The molecule has 1 aromatic heterocycles. The number of nitrogens with zero attached hydrogens (tertiary/aromatic N) is 1. The van der Waals surface area contributed by atoms with Gasteiger partial charge in [0.1, 0.15) is 5.82 Å². The first-order valence-electron chi connectivity index (χ1n) is 8.70. The molecule has 5 heteroatoms. The molecule has 0 atom stereocenters. The zero-order valence-electron chi connectivity index (χ0n) is 13.9. The van der Waals surface area contributed by atoms with Crippen LogP contribution in [0.25, 0.3) is 10.9 Å². The van der Waals surface area contributed by atoms with Crippen LogP contribution in [0.1, 0.15) is 24.0 Å². The lowest BCUT2D eigenvalue weighted by molar-refractivity contribution is -0.125. The van der Waals surface area contributed by atoms with E-state index in [1.807, 2.05) is 18.2 Å². The zero-order chi connectivity index (χ0) is 17.9. The molecule has 3 nitrogen and oxygen atoms in total. The van der Waals surface area contributed by atoms with Crippen molar-refractivity contribution in [1.29, 1.82) is 0 Å². The molecule has 1 aliphatic carbocycles. The first kappa shape index (κ1) is 15.9. The lowest BCUT2D eigenvalue weighted by Crippen LogP contribution is -2.47. The lowest BCUT2D eigenvalue weighted by atomic mass is 9.57. The second kappa shape index (κ2) is 5.61. The van der Waals surface area contributed by atoms with Crippen LogP contribution in [-0.2, 0) is 16.6 Å². The summed E-state index contributed by atoms with van der Waals surface area (Å²) in [4.78, 5) is 17.1. The number of pyridine rings is 1. The van der Waals surface area contributed by atoms with Gasteiger partial charge in [0.2, 0.25) is 5.91 Å². The van der Waals surface area contributed by atoms with E-state index >= 15 is 0 Å². The van der Waals surface area contributed by atoms with Crippen LogP contribution in [0.3, 0.4) is 0 Å². The van der Waals surface area contributed by atoms with E-state index in [1.54, 1.807) is 12.3 Å². The van der Waals surface area contributed by atoms with Crippen LogP contribution in [0.5, 0.6) is 0 Å². The van der Waals surface area contributed by atoms with Gasteiger partial charge in [-0.25, -0.2) is 4.39 Å². The smallest absolute Gasteiger partial charge is 0.235 e. The van der Waals surface area contributed by atoms with Crippen molar-refractivity contribution in [3.63, 3.8) is 0 Å². The molecule has 0 saturated heterocycles. The number of nitrogens with one attached hydrogen (secondary N) is 1. The fraction of sp³-hybridized carbons (Fsp3) is 0.238. The third-order valence-electron chi connectivity index (χ3n) is 5.71. The molecular weight excluding hydrogens is 395 g/mol. The SMILES string of the molecule is O=C1Nc2cnc3cc(F)c(Br)cc3c2C12CC(Cc1ccccc1)C2. The monoisotopic (exact) mass is 410 g/mol. The molecule has 130 valence electrons. The van der Waals surface area contributed by atoms with Crippen molar-refractivity contribution in [2.75, 3.05) is 5.32 Å². The number of amides is 1. The maximum Gasteiger partial charge on any atom is 0.235 e. The van der Waals surface area contributed by atoms with Gasteiger partial charge >= 0.3 is 0 Å². The number of carbonyl (C=O) groups is 1. The summed E-state index contributed by atoms with van der Waals surface area (Å²) in [6.45, 7) is 0. The minimum Gasteiger partial charge on any atom is -0.324 e. The van der Waals surface area contributed by atoms with Gasteiger partial charge in [0, 0.05) is 17.0 Å². The highest BCUT2D eigenvalue weighted by Crippen LogP contribution is 2.56. The third kappa shape index (κ3) is 2.23. The minimum atomic E-state index is -0.507. The Morgan fingerprint density at radius 3 is 2.77 bits per heavy atom. The maximum absolute atomic E-state index is 13.9. The van der Waals surface area contributed by atoms with Gasteiger partial charge < -0.3 is 5.32 Å². The molecular formula is C21H16BrFN2O. The van der Waals surface area contributed by atoms with E-state index in [-0.39, 0.29) is 11.7 Å². The molecule has 0 radical (unpaired) electrons. The third-order valence-corrected chi connectivity index (χ3v) is 6.32. The second-order valence-corrected chi connectivity index (χ2v) is 8.18. The van der Waals surface area contributed by atoms with Gasteiger partial charge in [-0.05, 0) is 52.7 Å². The number of benzene rings is 2. The summed E-state index contributed by atoms with van der Waals surface area (Å²) in [7, 11) is 0. The fourth-order valence-electron chi connectivity index (χ4n) is 4.56. The summed E-state index contributed by atoms with van der Waals surface area (Å²) in [5.74, 6) is 0.180. The predicted octanol–water partition coefficient (Wildman–Crippen LogP) is 4.98. The van der Waals surface area contributed by atoms with Gasteiger partial charge in [0.15, 0.2) is 0 Å². The Balaban J connectivity index is 1.54. The highest BCUT2D eigenvalue weighted by molar-refractivity contribution is 9.10. The average Bonchev–Trinajstić information content (AvgIpc) is 2.90. The lowest BCUT2D eigenvalue weighted by Gasteiger charge is -2.44. The number of aromatic nitrogens is 1. The Morgan fingerprint density at radius 2 is 2.00 bits per heavy atom. The molecule has 1 amide bonds. The Hall–Kier alpha value is -2.27. The molecule has 0 bridgehead atoms. The van der Waals surface area contributed by atoms with Gasteiger partial charge in [-0.15, -0.1) is 0 Å².